The van der Waals surface area contributed by atoms with Gasteiger partial charge in [-0.3, -0.25) is 19.6 Å². The highest BCUT2D eigenvalue weighted by molar-refractivity contribution is 5.77. The van der Waals surface area contributed by atoms with Gasteiger partial charge in [0.1, 0.15) is 17.3 Å². The highest BCUT2D eigenvalue weighted by atomic mass is 16.6. The zero-order valence-electron chi connectivity index (χ0n) is 11.4. The Morgan fingerprint density at radius 3 is 2.53 bits per heavy atom. The van der Waals surface area contributed by atoms with E-state index in [9.17, 15) is 20.0 Å². The van der Waals surface area contributed by atoms with Gasteiger partial charge in [-0.2, -0.15) is 5.10 Å². The first-order valence-electron chi connectivity index (χ1n) is 6.36. The van der Waals surface area contributed by atoms with Crippen LogP contribution in [0.5, 0.6) is 0 Å². The van der Waals surface area contributed by atoms with Crippen molar-refractivity contribution in [2.45, 2.75) is 45.4 Å². The van der Waals surface area contributed by atoms with Gasteiger partial charge in [0.25, 0.3) is 0 Å². The van der Waals surface area contributed by atoms with E-state index in [1.54, 1.807) is 7.05 Å². The predicted octanol–water partition coefficient (Wildman–Crippen LogP) is 2.25. The number of carbonyl (C=O) groups is 1. The molecule has 0 fully saturated rings. The van der Waals surface area contributed by atoms with Gasteiger partial charge < -0.3 is 5.11 Å². The van der Waals surface area contributed by atoms with Gasteiger partial charge in [0.2, 0.25) is 0 Å². The number of aliphatic carboxylic acids is 1. The Kier molecular flexibility index (Phi) is 5.02. The molecule has 19 heavy (non-hydrogen) atoms. The summed E-state index contributed by atoms with van der Waals surface area (Å²) in [5, 5.41) is 24.6. The Morgan fingerprint density at radius 2 is 2.11 bits per heavy atom. The summed E-state index contributed by atoms with van der Waals surface area (Å²) < 4.78 is 1.34. The van der Waals surface area contributed by atoms with E-state index in [2.05, 4.69) is 5.10 Å². The fourth-order valence-corrected chi connectivity index (χ4v) is 2.24. The lowest BCUT2D eigenvalue weighted by Crippen LogP contribution is -2.16. The zero-order chi connectivity index (χ0) is 14.6. The zero-order valence-corrected chi connectivity index (χ0v) is 11.4. The van der Waals surface area contributed by atoms with E-state index in [4.69, 9.17) is 0 Å². The van der Waals surface area contributed by atoms with Gasteiger partial charge in [0.05, 0.1) is 4.92 Å². The molecule has 1 heterocycles. The second-order valence-corrected chi connectivity index (χ2v) is 4.49. The third-order valence-corrected chi connectivity index (χ3v) is 3.01. The average Bonchev–Trinajstić information content (AvgIpc) is 2.63. The van der Waals surface area contributed by atoms with Crippen molar-refractivity contribution < 1.29 is 14.8 Å². The molecule has 1 atom stereocenters. The number of aromatic nitrogens is 2. The second-order valence-electron chi connectivity index (χ2n) is 4.49. The number of aryl methyl sites for hydroxylation is 2. The van der Waals surface area contributed by atoms with E-state index in [0.717, 1.165) is 6.42 Å². The van der Waals surface area contributed by atoms with Gasteiger partial charge in [-0.05, 0) is 12.8 Å². The third kappa shape index (κ3) is 3.10. The van der Waals surface area contributed by atoms with E-state index in [-0.39, 0.29) is 11.4 Å². The Bertz CT molecular complexity index is 482. The van der Waals surface area contributed by atoms with Crippen LogP contribution in [0.2, 0.25) is 0 Å². The molecule has 0 amide bonds. The molecule has 0 bridgehead atoms. The second kappa shape index (κ2) is 6.31. The van der Waals surface area contributed by atoms with Crippen LogP contribution in [0.15, 0.2) is 0 Å². The highest BCUT2D eigenvalue weighted by Gasteiger charge is 2.34. The highest BCUT2D eigenvalue weighted by Crippen LogP contribution is 2.33. The van der Waals surface area contributed by atoms with Crippen LogP contribution in [0, 0.1) is 10.1 Å². The SMILES string of the molecule is CCCc1nn(C)c(C(CCC)C(=O)O)c1[N+](=O)[O-]. The lowest BCUT2D eigenvalue weighted by Gasteiger charge is -2.10. The molecule has 7 heteroatoms. The number of nitro groups is 1. The Labute approximate surface area is 111 Å². The first kappa shape index (κ1) is 15.1. The van der Waals surface area contributed by atoms with Crippen LogP contribution in [-0.2, 0) is 18.3 Å². The minimum Gasteiger partial charge on any atom is -0.481 e. The molecule has 1 aromatic rings. The summed E-state index contributed by atoms with van der Waals surface area (Å²) >= 11 is 0. The van der Waals surface area contributed by atoms with E-state index < -0.39 is 16.8 Å². The van der Waals surface area contributed by atoms with Crippen LogP contribution < -0.4 is 0 Å². The molecule has 0 aromatic carbocycles. The molecule has 0 spiro atoms. The largest absolute Gasteiger partial charge is 0.481 e. The lowest BCUT2D eigenvalue weighted by atomic mass is 9.97. The molecule has 1 unspecified atom stereocenters. The summed E-state index contributed by atoms with van der Waals surface area (Å²) in [5.41, 5.74) is 0.431. The molecule has 1 aromatic heterocycles. The van der Waals surface area contributed by atoms with Gasteiger partial charge >= 0.3 is 11.7 Å². The maximum absolute atomic E-state index is 11.3. The first-order valence-corrected chi connectivity index (χ1v) is 6.36. The van der Waals surface area contributed by atoms with Crippen LogP contribution >= 0.6 is 0 Å². The Hall–Kier alpha value is -1.92. The molecule has 0 aliphatic heterocycles. The fraction of sp³-hybridized carbons (Fsp3) is 0.667. The predicted molar refractivity (Wildman–Crippen MR) is 69.1 cm³/mol. The van der Waals surface area contributed by atoms with Crippen molar-refractivity contribution in [2.75, 3.05) is 0 Å². The van der Waals surface area contributed by atoms with E-state index in [0.29, 0.717) is 25.0 Å². The van der Waals surface area contributed by atoms with Gasteiger partial charge in [0, 0.05) is 7.05 Å². The van der Waals surface area contributed by atoms with Crippen LogP contribution in [-0.4, -0.2) is 25.8 Å². The minimum atomic E-state index is -1.05. The number of hydrogen-bond donors (Lipinski definition) is 1. The molecule has 1 N–H and O–H groups in total. The van der Waals surface area contributed by atoms with Gasteiger partial charge in [-0.25, -0.2) is 0 Å². The van der Waals surface area contributed by atoms with Crippen molar-refractivity contribution in [1.82, 2.24) is 9.78 Å². The van der Waals surface area contributed by atoms with Crippen LogP contribution in [0.3, 0.4) is 0 Å². The summed E-state index contributed by atoms with van der Waals surface area (Å²) in [7, 11) is 1.56. The Morgan fingerprint density at radius 1 is 1.47 bits per heavy atom. The van der Waals surface area contributed by atoms with Crippen molar-refractivity contribution in [3.8, 4) is 0 Å². The normalized spacial score (nSPS) is 12.4. The van der Waals surface area contributed by atoms with E-state index in [1.165, 1.54) is 4.68 Å². The molecule has 0 aliphatic rings. The molecule has 106 valence electrons. The smallest absolute Gasteiger partial charge is 0.314 e. The summed E-state index contributed by atoms with van der Waals surface area (Å²) in [4.78, 5) is 22.0. The summed E-state index contributed by atoms with van der Waals surface area (Å²) in [6.07, 6.45) is 2.20. The summed E-state index contributed by atoms with van der Waals surface area (Å²) in [6.45, 7) is 3.75. The van der Waals surface area contributed by atoms with Crippen molar-refractivity contribution in [1.29, 1.82) is 0 Å². The number of carboxylic acids is 1. The number of hydrogen-bond acceptors (Lipinski definition) is 4. The fourth-order valence-electron chi connectivity index (χ4n) is 2.24. The van der Waals surface area contributed by atoms with Gasteiger partial charge in [-0.1, -0.05) is 26.7 Å². The molecule has 0 saturated heterocycles. The molecular weight excluding hydrogens is 250 g/mol. The monoisotopic (exact) mass is 269 g/mol. The standard InChI is InChI=1S/C12H19N3O4/c1-4-6-8(12(16)17)10-11(15(18)19)9(7-5-2)13-14(10)3/h8H,4-7H2,1-3H3,(H,16,17). The molecule has 0 aliphatic carbocycles. The third-order valence-electron chi connectivity index (χ3n) is 3.01. The number of rotatable bonds is 7. The van der Waals surface area contributed by atoms with Gasteiger partial charge in [0.15, 0.2) is 0 Å². The maximum Gasteiger partial charge on any atom is 0.314 e. The van der Waals surface area contributed by atoms with Crippen LogP contribution in [0.4, 0.5) is 5.69 Å². The number of carboxylic acid groups (broad SMARTS) is 1. The molecule has 7 nitrogen and oxygen atoms in total. The molecular formula is C12H19N3O4. The van der Waals surface area contributed by atoms with Crippen molar-refractivity contribution in [2.24, 2.45) is 7.05 Å². The van der Waals surface area contributed by atoms with Crippen LogP contribution in [0.25, 0.3) is 0 Å². The lowest BCUT2D eigenvalue weighted by molar-refractivity contribution is -0.386. The van der Waals surface area contributed by atoms with E-state index in [1.807, 2.05) is 13.8 Å². The number of nitrogens with zero attached hydrogens (tertiary/aromatic N) is 3. The molecule has 1 rings (SSSR count). The van der Waals surface area contributed by atoms with Gasteiger partial charge in [-0.15, -0.1) is 0 Å². The van der Waals surface area contributed by atoms with Crippen LogP contribution in [0.1, 0.15) is 50.4 Å². The summed E-state index contributed by atoms with van der Waals surface area (Å²) in [6, 6.07) is 0. The minimum absolute atomic E-state index is 0.134. The quantitative estimate of drug-likeness (QED) is 0.604. The molecule has 0 saturated carbocycles. The van der Waals surface area contributed by atoms with Crippen molar-refractivity contribution in [3.05, 3.63) is 21.5 Å². The van der Waals surface area contributed by atoms with Crippen molar-refractivity contribution in [3.63, 3.8) is 0 Å². The average molecular weight is 269 g/mol. The first-order chi connectivity index (χ1) is 8.93. The maximum atomic E-state index is 11.3. The topological polar surface area (TPSA) is 98.3 Å². The summed E-state index contributed by atoms with van der Waals surface area (Å²) in [5.74, 6) is -1.93. The molecule has 0 radical (unpaired) electrons. The van der Waals surface area contributed by atoms with E-state index >= 15 is 0 Å². The Balaban J connectivity index is 3.38. The van der Waals surface area contributed by atoms with Crippen molar-refractivity contribution >= 4 is 11.7 Å².